The third-order valence-electron chi connectivity index (χ3n) is 6.00. The zero-order chi connectivity index (χ0) is 23.6. The van der Waals surface area contributed by atoms with E-state index < -0.39 is 28.9 Å². The molecular weight excluding hydrogens is 398 g/mol. The highest BCUT2D eigenvalue weighted by Gasteiger charge is 2.48. The van der Waals surface area contributed by atoms with Crippen molar-refractivity contribution in [1.82, 2.24) is 14.7 Å². The molecular formula is C23H41N3O5. The van der Waals surface area contributed by atoms with Crippen molar-refractivity contribution >= 4 is 18.1 Å². The molecule has 2 rings (SSSR count). The first kappa shape index (κ1) is 25.3. The van der Waals surface area contributed by atoms with E-state index in [2.05, 4.69) is 0 Å². The molecule has 0 bridgehead atoms. The van der Waals surface area contributed by atoms with Crippen molar-refractivity contribution in [1.29, 1.82) is 0 Å². The fraction of sp³-hybridized carbons (Fsp3) is 0.870. The van der Waals surface area contributed by atoms with E-state index in [4.69, 9.17) is 9.47 Å². The maximum atomic E-state index is 13.2. The number of amides is 3. The van der Waals surface area contributed by atoms with Crippen molar-refractivity contribution in [2.75, 3.05) is 26.2 Å². The molecule has 0 spiro atoms. The van der Waals surface area contributed by atoms with E-state index in [0.717, 1.165) is 12.8 Å². The van der Waals surface area contributed by atoms with Crippen molar-refractivity contribution in [3.8, 4) is 0 Å². The lowest BCUT2D eigenvalue weighted by atomic mass is 9.92. The van der Waals surface area contributed by atoms with Crippen LogP contribution in [0.4, 0.5) is 9.59 Å². The van der Waals surface area contributed by atoms with Crippen molar-refractivity contribution in [3.05, 3.63) is 0 Å². The fourth-order valence-corrected chi connectivity index (χ4v) is 4.31. The lowest BCUT2D eigenvalue weighted by molar-refractivity contribution is -0.134. The SMILES string of the molecule is CC[C@@]1(N(CC(=O)N2CCC[C@H]2C)C(=O)OC(C)(C)C)CCN(C(=O)OC(C)(C)C)C1. The summed E-state index contributed by atoms with van der Waals surface area (Å²) in [5.74, 6) is -0.0700. The average molecular weight is 440 g/mol. The summed E-state index contributed by atoms with van der Waals surface area (Å²) >= 11 is 0. The number of likely N-dealkylation sites (tertiary alicyclic amines) is 2. The van der Waals surface area contributed by atoms with Gasteiger partial charge in [0.25, 0.3) is 0 Å². The van der Waals surface area contributed by atoms with Gasteiger partial charge < -0.3 is 19.3 Å². The molecule has 0 radical (unpaired) electrons. The minimum absolute atomic E-state index is 0.0464. The summed E-state index contributed by atoms with van der Waals surface area (Å²) < 4.78 is 11.2. The molecule has 2 atom stereocenters. The molecule has 178 valence electrons. The maximum absolute atomic E-state index is 13.2. The zero-order valence-electron chi connectivity index (χ0n) is 20.6. The van der Waals surface area contributed by atoms with Crippen LogP contribution in [0.2, 0.25) is 0 Å². The molecule has 2 aliphatic rings. The summed E-state index contributed by atoms with van der Waals surface area (Å²) in [6, 6.07) is 0.174. The van der Waals surface area contributed by atoms with Gasteiger partial charge >= 0.3 is 12.2 Å². The lowest BCUT2D eigenvalue weighted by Crippen LogP contribution is -2.58. The second kappa shape index (κ2) is 9.25. The van der Waals surface area contributed by atoms with Gasteiger partial charge in [-0.3, -0.25) is 9.69 Å². The highest BCUT2D eigenvalue weighted by Crippen LogP contribution is 2.34. The van der Waals surface area contributed by atoms with Gasteiger partial charge in [0, 0.05) is 25.7 Å². The summed E-state index contributed by atoms with van der Waals surface area (Å²) in [5, 5.41) is 0. The largest absolute Gasteiger partial charge is 0.444 e. The summed E-state index contributed by atoms with van der Waals surface area (Å²) in [6.07, 6.45) is 2.22. The number of carbonyl (C=O) groups excluding carboxylic acids is 3. The van der Waals surface area contributed by atoms with Crippen molar-refractivity contribution < 1.29 is 23.9 Å². The van der Waals surface area contributed by atoms with Gasteiger partial charge in [0.2, 0.25) is 5.91 Å². The van der Waals surface area contributed by atoms with Crippen LogP contribution in [0.25, 0.3) is 0 Å². The second-order valence-corrected chi connectivity index (χ2v) is 10.9. The van der Waals surface area contributed by atoms with Gasteiger partial charge in [-0.05, 0) is 74.1 Å². The Bertz CT molecular complexity index is 682. The molecule has 2 heterocycles. The van der Waals surface area contributed by atoms with Gasteiger partial charge in [-0.25, -0.2) is 9.59 Å². The van der Waals surface area contributed by atoms with Crippen LogP contribution >= 0.6 is 0 Å². The number of carbonyl (C=O) groups is 3. The van der Waals surface area contributed by atoms with E-state index in [9.17, 15) is 14.4 Å². The van der Waals surface area contributed by atoms with Crippen LogP contribution in [0, 0.1) is 0 Å². The first-order chi connectivity index (χ1) is 14.2. The summed E-state index contributed by atoms with van der Waals surface area (Å²) in [7, 11) is 0. The van der Waals surface area contributed by atoms with Crippen molar-refractivity contribution in [2.45, 2.75) is 104 Å². The quantitative estimate of drug-likeness (QED) is 0.661. The Labute approximate surface area is 187 Å². The van der Waals surface area contributed by atoms with Crippen LogP contribution in [0.5, 0.6) is 0 Å². The number of hydrogen-bond acceptors (Lipinski definition) is 5. The molecule has 2 fully saturated rings. The highest BCUT2D eigenvalue weighted by atomic mass is 16.6. The molecule has 0 aromatic heterocycles. The zero-order valence-corrected chi connectivity index (χ0v) is 20.6. The molecule has 3 amide bonds. The Hall–Kier alpha value is -1.99. The summed E-state index contributed by atoms with van der Waals surface area (Å²) in [5.41, 5.74) is -1.95. The Morgan fingerprint density at radius 2 is 1.65 bits per heavy atom. The molecule has 0 aliphatic carbocycles. The normalized spacial score (nSPS) is 24.3. The number of nitrogens with zero attached hydrogens (tertiary/aromatic N) is 3. The van der Waals surface area contributed by atoms with Gasteiger partial charge in [-0.1, -0.05) is 6.92 Å². The summed E-state index contributed by atoms with van der Waals surface area (Å²) in [4.78, 5) is 44.1. The van der Waals surface area contributed by atoms with E-state index >= 15 is 0 Å². The molecule has 0 aromatic carbocycles. The predicted molar refractivity (Wildman–Crippen MR) is 119 cm³/mol. The molecule has 8 nitrogen and oxygen atoms in total. The Morgan fingerprint density at radius 3 is 2.13 bits per heavy atom. The van der Waals surface area contributed by atoms with E-state index in [-0.39, 0.29) is 18.5 Å². The van der Waals surface area contributed by atoms with Crippen LogP contribution in [-0.4, -0.2) is 81.8 Å². The standard InChI is InChI=1S/C23H41N3O5/c1-9-23(12-14-24(16-23)19(28)30-21(3,4)5)26(20(29)31-22(6,7)8)15-18(27)25-13-10-11-17(25)2/h17H,9-16H2,1-8H3/t17-,23-/m1/s1. The monoisotopic (exact) mass is 439 g/mol. The van der Waals surface area contributed by atoms with Gasteiger partial charge in [0.1, 0.15) is 17.7 Å². The average Bonchev–Trinajstić information content (AvgIpc) is 3.23. The maximum Gasteiger partial charge on any atom is 0.411 e. The van der Waals surface area contributed by atoms with Crippen LogP contribution in [0.3, 0.4) is 0 Å². The second-order valence-electron chi connectivity index (χ2n) is 10.9. The van der Waals surface area contributed by atoms with Crippen LogP contribution in [0.15, 0.2) is 0 Å². The van der Waals surface area contributed by atoms with Gasteiger partial charge in [0.15, 0.2) is 0 Å². The highest BCUT2D eigenvalue weighted by molar-refractivity contribution is 5.83. The molecule has 0 aromatic rings. The minimum Gasteiger partial charge on any atom is -0.444 e. The van der Waals surface area contributed by atoms with Crippen LogP contribution < -0.4 is 0 Å². The van der Waals surface area contributed by atoms with Crippen LogP contribution in [-0.2, 0) is 14.3 Å². The lowest BCUT2D eigenvalue weighted by Gasteiger charge is -2.41. The minimum atomic E-state index is -0.683. The smallest absolute Gasteiger partial charge is 0.411 e. The van der Waals surface area contributed by atoms with Crippen LogP contribution in [0.1, 0.15) is 81.1 Å². The number of rotatable bonds is 4. The molecule has 0 unspecified atom stereocenters. The number of hydrogen-bond donors (Lipinski definition) is 0. The third kappa shape index (κ3) is 6.50. The van der Waals surface area contributed by atoms with E-state index in [0.29, 0.717) is 32.5 Å². The van der Waals surface area contributed by atoms with Gasteiger partial charge in [0.05, 0.1) is 5.54 Å². The molecule has 2 saturated heterocycles. The first-order valence-electron chi connectivity index (χ1n) is 11.5. The Balaban J connectivity index is 2.26. The molecule has 8 heteroatoms. The topological polar surface area (TPSA) is 79.4 Å². The molecule has 2 aliphatic heterocycles. The molecule has 0 N–H and O–H groups in total. The van der Waals surface area contributed by atoms with Crippen molar-refractivity contribution in [2.24, 2.45) is 0 Å². The Morgan fingerprint density at radius 1 is 1.03 bits per heavy atom. The summed E-state index contributed by atoms with van der Waals surface area (Å²) in [6.45, 7) is 16.4. The molecule has 31 heavy (non-hydrogen) atoms. The predicted octanol–water partition coefficient (Wildman–Crippen LogP) is 4.02. The van der Waals surface area contributed by atoms with Gasteiger partial charge in [-0.15, -0.1) is 0 Å². The van der Waals surface area contributed by atoms with Crippen molar-refractivity contribution in [3.63, 3.8) is 0 Å². The third-order valence-corrected chi connectivity index (χ3v) is 6.00. The van der Waals surface area contributed by atoms with E-state index in [1.165, 1.54) is 0 Å². The molecule has 0 saturated carbocycles. The Kier molecular flexibility index (Phi) is 7.54. The van der Waals surface area contributed by atoms with E-state index in [1.54, 1.807) is 9.80 Å². The van der Waals surface area contributed by atoms with Gasteiger partial charge in [-0.2, -0.15) is 0 Å². The number of ether oxygens (including phenoxy) is 2. The van der Waals surface area contributed by atoms with E-state index in [1.807, 2.05) is 60.3 Å². The first-order valence-corrected chi connectivity index (χ1v) is 11.5. The fourth-order valence-electron chi connectivity index (χ4n) is 4.31.